The monoisotopic (exact) mass is 348 g/mol. The second-order valence-electron chi connectivity index (χ2n) is 4.90. The normalized spacial score (nSPS) is 12.2. The maximum Gasteiger partial charge on any atom is 0.122 e. The van der Waals surface area contributed by atoms with Crippen LogP contribution in [0.2, 0.25) is 0 Å². The van der Waals surface area contributed by atoms with Gasteiger partial charge in [-0.1, -0.05) is 28.9 Å². The Hall–Kier alpha value is -1.39. The molecule has 1 heterocycles. The molecule has 21 heavy (non-hydrogen) atoms. The van der Waals surface area contributed by atoms with Crippen LogP contribution in [0.25, 0.3) is 0 Å². The summed E-state index contributed by atoms with van der Waals surface area (Å²) in [6, 6.07) is 10.4. The van der Waals surface area contributed by atoms with Crippen molar-refractivity contribution in [3.05, 3.63) is 57.8 Å². The topological polar surface area (TPSA) is 34.1 Å². The molecule has 0 saturated carbocycles. The summed E-state index contributed by atoms with van der Waals surface area (Å²) >= 11 is 3.53. The van der Waals surface area contributed by atoms with Crippen LogP contribution in [0, 0.1) is 0 Å². The number of benzene rings is 1. The third kappa shape index (κ3) is 3.83. The van der Waals surface area contributed by atoms with Crippen molar-refractivity contribution in [3.8, 4) is 5.75 Å². The van der Waals surface area contributed by atoms with Crippen molar-refractivity contribution in [2.75, 3.05) is 14.2 Å². The van der Waals surface area contributed by atoms with Crippen LogP contribution in [0.15, 0.2) is 41.0 Å². The van der Waals surface area contributed by atoms with Gasteiger partial charge in [0.05, 0.1) is 18.8 Å². The first kappa shape index (κ1) is 16.0. The molecule has 0 spiro atoms. The Labute approximate surface area is 134 Å². The molecular formula is C17H21BrN2O. The number of nitrogens with zero attached hydrogens (tertiary/aromatic N) is 1. The van der Waals surface area contributed by atoms with Crippen molar-refractivity contribution in [1.29, 1.82) is 0 Å². The molecule has 0 amide bonds. The number of hydrogen-bond donors (Lipinski definition) is 1. The minimum atomic E-state index is 0.171. The number of aryl methyl sites for hydroxylation is 1. The number of aromatic nitrogens is 1. The Morgan fingerprint density at radius 1 is 1.29 bits per heavy atom. The Morgan fingerprint density at radius 2 is 2.10 bits per heavy atom. The van der Waals surface area contributed by atoms with Gasteiger partial charge in [0.1, 0.15) is 5.75 Å². The lowest BCUT2D eigenvalue weighted by Gasteiger charge is -2.20. The fourth-order valence-electron chi connectivity index (χ4n) is 2.53. The molecule has 4 heteroatoms. The SMILES string of the molecule is CCc1cccnc1C(Cc1cc(Br)ccc1OC)NC. The smallest absolute Gasteiger partial charge is 0.122 e. The van der Waals surface area contributed by atoms with E-state index >= 15 is 0 Å². The van der Waals surface area contributed by atoms with E-state index in [1.807, 2.05) is 31.4 Å². The molecule has 0 aliphatic rings. The number of ether oxygens (including phenoxy) is 1. The minimum Gasteiger partial charge on any atom is -0.496 e. The van der Waals surface area contributed by atoms with Gasteiger partial charge < -0.3 is 10.1 Å². The molecule has 0 aliphatic carbocycles. The van der Waals surface area contributed by atoms with Crippen LogP contribution in [-0.2, 0) is 12.8 Å². The number of likely N-dealkylation sites (N-methyl/N-ethyl adjacent to an activating group) is 1. The van der Waals surface area contributed by atoms with Gasteiger partial charge >= 0.3 is 0 Å². The zero-order valence-corrected chi connectivity index (χ0v) is 14.3. The van der Waals surface area contributed by atoms with Gasteiger partial charge in [0.25, 0.3) is 0 Å². The zero-order chi connectivity index (χ0) is 15.2. The summed E-state index contributed by atoms with van der Waals surface area (Å²) in [5.74, 6) is 0.910. The molecule has 1 aromatic carbocycles. The molecule has 1 aromatic heterocycles. The summed E-state index contributed by atoms with van der Waals surface area (Å²) in [4.78, 5) is 4.58. The van der Waals surface area contributed by atoms with Crippen LogP contribution in [-0.4, -0.2) is 19.1 Å². The van der Waals surface area contributed by atoms with Crippen LogP contribution in [0.1, 0.15) is 29.8 Å². The van der Waals surface area contributed by atoms with Crippen molar-refractivity contribution in [2.45, 2.75) is 25.8 Å². The highest BCUT2D eigenvalue weighted by atomic mass is 79.9. The largest absolute Gasteiger partial charge is 0.496 e. The van der Waals surface area contributed by atoms with Gasteiger partial charge in [-0.25, -0.2) is 0 Å². The summed E-state index contributed by atoms with van der Waals surface area (Å²) in [7, 11) is 3.68. The van der Waals surface area contributed by atoms with Gasteiger partial charge in [0.15, 0.2) is 0 Å². The predicted molar refractivity (Wildman–Crippen MR) is 89.8 cm³/mol. The summed E-state index contributed by atoms with van der Waals surface area (Å²) in [6.07, 6.45) is 3.68. The third-order valence-corrected chi connectivity index (χ3v) is 4.15. The second-order valence-corrected chi connectivity index (χ2v) is 5.82. The number of halogens is 1. The van der Waals surface area contributed by atoms with E-state index in [4.69, 9.17) is 4.74 Å². The summed E-state index contributed by atoms with van der Waals surface area (Å²) in [5.41, 5.74) is 3.56. The van der Waals surface area contributed by atoms with Crippen LogP contribution in [0.3, 0.4) is 0 Å². The molecule has 2 rings (SSSR count). The molecule has 0 fully saturated rings. The highest BCUT2D eigenvalue weighted by molar-refractivity contribution is 9.10. The Morgan fingerprint density at radius 3 is 2.76 bits per heavy atom. The zero-order valence-electron chi connectivity index (χ0n) is 12.7. The number of rotatable bonds is 6. The van der Waals surface area contributed by atoms with Crippen molar-refractivity contribution >= 4 is 15.9 Å². The first-order valence-electron chi connectivity index (χ1n) is 7.13. The molecule has 0 saturated heterocycles. The maximum atomic E-state index is 5.47. The lowest BCUT2D eigenvalue weighted by molar-refractivity contribution is 0.406. The standard InChI is InChI=1S/C17H21BrN2O/c1-4-12-6-5-9-20-17(12)15(19-2)11-13-10-14(18)7-8-16(13)21-3/h5-10,15,19H,4,11H2,1-3H3. The van der Waals surface area contributed by atoms with Gasteiger partial charge in [-0.3, -0.25) is 4.98 Å². The average molecular weight is 349 g/mol. The number of hydrogen-bond acceptors (Lipinski definition) is 3. The van der Waals surface area contributed by atoms with Gasteiger partial charge in [-0.2, -0.15) is 0 Å². The molecule has 1 atom stereocenters. The first-order valence-corrected chi connectivity index (χ1v) is 7.92. The first-order chi connectivity index (χ1) is 10.2. The Balaban J connectivity index is 2.33. The van der Waals surface area contributed by atoms with Crippen molar-refractivity contribution in [1.82, 2.24) is 10.3 Å². The highest BCUT2D eigenvalue weighted by Gasteiger charge is 2.17. The fourth-order valence-corrected chi connectivity index (χ4v) is 2.93. The maximum absolute atomic E-state index is 5.47. The summed E-state index contributed by atoms with van der Waals surface area (Å²) in [5, 5.41) is 3.38. The van der Waals surface area contributed by atoms with Gasteiger partial charge in [0, 0.05) is 10.7 Å². The molecule has 1 N–H and O–H groups in total. The van der Waals surface area contributed by atoms with Crippen molar-refractivity contribution in [3.63, 3.8) is 0 Å². The lowest BCUT2D eigenvalue weighted by atomic mass is 9.98. The van der Waals surface area contributed by atoms with Gasteiger partial charge in [-0.15, -0.1) is 0 Å². The number of nitrogens with one attached hydrogen (secondary N) is 1. The summed E-state index contributed by atoms with van der Waals surface area (Å²) < 4.78 is 6.53. The van der Waals surface area contributed by atoms with E-state index in [-0.39, 0.29) is 6.04 Å². The van der Waals surface area contributed by atoms with E-state index in [2.05, 4.69) is 45.3 Å². The number of methoxy groups -OCH3 is 1. The Bertz CT molecular complexity index is 601. The molecular weight excluding hydrogens is 328 g/mol. The van der Waals surface area contributed by atoms with Crippen molar-refractivity contribution in [2.24, 2.45) is 0 Å². The second kappa shape index (κ2) is 7.57. The van der Waals surface area contributed by atoms with E-state index in [9.17, 15) is 0 Å². The molecule has 3 nitrogen and oxygen atoms in total. The predicted octanol–water partition coefficient (Wildman–Crippen LogP) is 3.92. The van der Waals surface area contributed by atoms with E-state index < -0.39 is 0 Å². The van der Waals surface area contributed by atoms with E-state index in [0.717, 1.165) is 28.8 Å². The van der Waals surface area contributed by atoms with Gasteiger partial charge in [0.2, 0.25) is 0 Å². The van der Waals surface area contributed by atoms with Crippen molar-refractivity contribution < 1.29 is 4.74 Å². The molecule has 1 unspecified atom stereocenters. The van der Waals surface area contributed by atoms with Gasteiger partial charge in [-0.05, 0) is 55.3 Å². The minimum absolute atomic E-state index is 0.171. The quantitative estimate of drug-likeness (QED) is 0.858. The average Bonchev–Trinajstić information content (AvgIpc) is 2.52. The Kier molecular flexibility index (Phi) is 5.76. The molecule has 0 bridgehead atoms. The third-order valence-electron chi connectivity index (χ3n) is 3.65. The van der Waals surface area contributed by atoms with Crippen LogP contribution >= 0.6 is 15.9 Å². The van der Waals surface area contributed by atoms with Crippen LogP contribution in [0.4, 0.5) is 0 Å². The van der Waals surface area contributed by atoms with E-state index in [1.165, 1.54) is 11.1 Å². The number of pyridine rings is 1. The van der Waals surface area contributed by atoms with E-state index in [1.54, 1.807) is 7.11 Å². The molecule has 0 aliphatic heterocycles. The molecule has 112 valence electrons. The van der Waals surface area contributed by atoms with Crippen LogP contribution in [0.5, 0.6) is 5.75 Å². The lowest BCUT2D eigenvalue weighted by Crippen LogP contribution is -2.21. The highest BCUT2D eigenvalue weighted by Crippen LogP contribution is 2.28. The van der Waals surface area contributed by atoms with Crippen LogP contribution < -0.4 is 10.1 Å². The molecule has 2 aromatic rings. The molecule has 0 radical (unpaired) electrons. The fraction of sp³-hybridized carbons (Fsp3) is 0.353. The summed E-state index contributed by atoms with van der Waals surface area (Å²) in [6.45, 7) is 2.16. The van der Waals surface area contributed by atoms with E-state index in [0.29, 0.717) is 0 Å².